The molecule has 2 N–H and O–H groups in total. The van der Waals surface area contributed by atoms with Crippen molar-refractivity contribution >= 4 is 41.5 Å². The van der Waals surface area contributed by atoms with Crippen LogP contribution in [-0.2, 0) is 6.42 Å². The van der Waals surface area contributed by atoms with Crippen LogP contribution in [0, 0.1) is 5.92 Å². The Hall–Kier alpha value is -0.600. The van der Waals surface area contributed by atoms with Crippen LogP contribution in [0.2, 0.25) is 5.15 Å². The molecule has 0 aliphatic carbocycles. The van der Waals surface area contributed by atoms with E-state index in [0.29, 0.717) is 5.15 Å². The molecule has 148 valence electrons. The van der Waals surface area contributed by atoms with Crippen LogP contribution in [0.3, 0.4) is 0 Å². The predicted octanol–water partition coefficient (Wildman–Crippen LogP) is 3.57. The van der Waals surface area contributed by atoms with Crippen LogP contribution < -0.4 is 10.6 Å². The maximum absolute atomic E-state index is 5.81. The van der Waals surface area contributed by atoms with Gasteiger partial charge in [0.1, 0.15) is 5.15 Å². The van der Waals surface area contributed by atoms with Crippen molar-refractivity contribution in [1.29, 1.82) is 0 Å². The molecule has 0 radical (unpaired) electrons. The fourth-order valence-electron chi connectivity index (χ4n) is 2.99. The standard InChI is InChI=1S/C19H32ClN5.HI/c1-3-21-19(23-11-7-17-5-6-18(20)24-15-17)22-10-4-12-25-13-8-16(2)9-14-25;/h5-6,15-16H,3-4,7-14H2,1-2H3,(H2,21,22,23);1H. The first kappa shape index (κ1) is 23.4. The highest BCUT2D eigenvalue weighted by Crippen LogP contribution is 2.15. The van der Waals surface area contributed by atoms with E-state index in [1.807, 2.05) is 18.3 Å². The maximum Gasteiger partial charge on any atom is 0.191 e. The lowest BCUT2D eigenvalue weighted by atomic mass is 9.99. The minimum Gasteiger partial charge on any atom is -0.357 e. The Morgan fingerprint density at radius 1 is 1.31 bits per heavy atom. The van der Waals surface area contributed by atoms with Crippen molar-refractivity contribution in [3.05, 3.63) is 29.0 Å². The molecule has 0 spiro atoms. The molecule has 0 atom stereocenters. The van der Waals surface area contributed by atoms with Crippen LogP contribution in [0.5, 0.6) is 0 Å². The topological polar surface area (TPSA) is 52.6 Å². The summed E-state index contributed by atoms with van der Waals surface area (Å²) in [5.41, 5.74) is 1.17. The Balaban J connectivity index is 0.00000338. The average Bonchev–Trinajstić information content (AvgIpc) is 2.62. The van der Waals surface area contributed by atoms with Crippen LogP contribution in [0.4, 0.5) is 0 Å². The van der Waals surface area contributed by atoms with E-state index in [4.69, 9.17) is 11.6 Å². The van der Waals surface area contributed by atoms with Crippen LogP contribution >= 0.6 is 35.6 Å². The number of nitrogens with one attached hydrogen (secondary N) is 2. The number of hydrogen-bond donors (Lipinski definition) is 2. The summed E-state index contributed by atoms with van der Waals surface area (Å²) in [6.07, 6.45) is 6.53. The molecular formula is C19H33ClIN5. The number of piperidine rings is 1. The van der Waals surface area contributed by atoms with Gasteiger partial charge in [-0.3, -0.25) is 4.99 Å². The molecule has 1 aromatic rings. The number of aliphatic imine (C=N–C) groups is 1. The zero-order valence-corrected chi connectivity index (χ0v) is 19.1. The fraction of sp³-hybridized carbons (Fsp3) is 0.684. The van der Waals surface area contributed by atoms with Gasteiger partial charge in [-0.2, -0.15) is 0 Å². The summed E-state index contributed by atoms with van der Waals surface area (Å²) in [6.45, 7) is 10.7. The summed E-state index contributed by atoms with van der Waals surface area (Å²) < 4.78 is 0. The average molecular weight is 494 g/mol. The molecule has 0 bridgehead atoms. The largest absolute Gasteiger partial charge is 0.357 e. The molecule has 1 saturated heterocycles. The van der Waals surface area contributed by atoms with E-state index < -0.39 is 0 Å². The first-order chi connectivity index (χ1) is 12.2. The first-order valence-corrected chi connectivity index (χ1v) is 9.90. The monoisotopic (exact) mass is 493 g/mol. The van der Waals surface area contributed by atoms with Gasteiger partial charge < -0.3 is 15.5 Å². The third-order valence-corrected chi connectivity index (χ3v) is 4.84. The zero-order valence-electron chi connectivity index (χ0n) is 16.0. The molecule has 0 unspecified atom stereocenters. The third kappa shape index (κ3) is 9.37. The molecule has 26 heavy (non-hydrogen) atoms. The van der Waals surface area contributed by atoms with Crippen LogP contribution in [0.1, 0.15) is 38.7 Å². The van der Waals surface area contributed by atoms with Gasteiger partial charge in [0.25, 0.3) is 0 Å². The predicted molar refractivity (Wildman–Crippen MR) is 122 cm³/mol. The van der Waals surface area contributed by atoms with E-state index in [9.17, 15) is 0 Å². The number of pyridine rings is 1. The normalized spacial score (nSPS) is 16.2. The van der Waals surface area contributed by atoms with Gasteiger partial charge in [-0.1, -0.05) is 24.6 Å². The number of hydrogen-bond acceptors (Lipinski definition) is 3. The maximum atomic E-state index is 5.81. The second-order valence-electron chi connectivity index (χ2n) is 6.80. The molecule has 0 saturated carbocycles. The van der Waals surface area contributed by atoms with Gasteiger partial charge in [0, 0.05) is 25.8 Å². The first-order valence-electron chi connectivity index (χ1n) is 9.52. The molecular weight excluding hydrogens is 461 g/mol. The van der Waals surface area contributed by atoms with Gasteiger partial charge in [-0.15, -0.1) is 24.0 Å². The lowest BCUT2D eigenvalue weighted by molar-refractivity contribution is 0.192. The molecule has 1 fully saturated rings. The summed E-state index contributed by atoms with van der Waals surface area (Å²) in [5, 5.41) is 7.24. The Morgan fingerprint density at radius 2 is 2.08 bits per heavy atom. The van der Waals surface area contributed by atoms with E-state index in [2.05, 4.69) is 39.4 Å². The number of likely N-dealkylation sites (tertiary alicyclic amines) is 1. The molecule has 1 aliphatic heterocycles. The van der Waals surface area contributed by atoms with Gasteiger partial charge in [0.15, 0.2) is 5.96 Å². The number of guanidine groups is 1. The Morgan fingerprint density at radius 3 is 2.73 bits per heavy atom. The van der Waals surface area contributed by atoms with Crippen molar-refractivity contribution in [2.75, 3.05) is 39.3 Å². The number of aromatic nitrogens is 1. The van der Waals surface area contributed by atoms with Crippen molar-refractivity contribution in [2.45, 2.75) is 39.5 Å². The van der Waals surface area contributed by atoms with Crippen molar-refractivity contribution in [1.82, 2.24) is 20.5 Å². The Bertz CT molecular complexity index is 515. The van der Waals surface area contributed by atoms with Gasteiger partial charge >= 0.3 is 0 Å². The van der Waals surface area contributed by atoms with E-state index in [0.717, 1.165) is 50.9 Å². The Labute approximate surface area is 180 Å². The van der Waals surface area contributed by atoms with E-state index >= 15 is 0 Å². The highest BCUT2D eigenvalue weighted by atomic mass is 127. The van der Waals surface area contributed by atoms with Gasteiger partial charge in [-0.05, 0) is 69.8 Å². The smallest absolute Gasteiger partial charge is 0.191 e. The molecule has 5 nitrogen and oxygen atoms in total. The molecule has 1 aliphatic rings. The second-order valence-corrected chi connectivity index (χ2v) is 7.19. The second kappa shape index (κ2) is 13.6. The molecule has 7 heteroatoms. The molecule has 0 amide bonds. The lowest BCUT2D eigenvalue weighted by Gasteiger charge is -2.29. The molecule has 1 aromatic heterocycles. The van der Waals surface area contributed by atoms with Gasteiger partial charge in [0.05, 0.1) is 0 Å². The zero-order chi connectivity index (χ0) is 17.9. The van der Waals surface area contributed by atoms with E-state index in [-0.39, 0.29) is 24.0 Å². The van der Waals surface area contributed by atoms with Crippen LogP contribution in [0.15, 0.2) is 23.3 Å². The molecule has 2 heterocycles. The highest BCUT2D eigenvalue weighted by Gasteiger charge is 2.14. The van der Waals surface area contributed by atoms with Crippen molar-refractivity contribution < 1.29 is 0 Å². The SMILES string of the molecule is CCNC(=NCCCN1CCC(C)CC1)NCCc1ccc(Cl)nc1.I. The fourth-order valence-corrected chi connectivity index (χ4v) is 3.10. The van der Waals surface area contributed by atoms with E-state index in [1.165, 1.54) is 31.5 Å². The summed E-state index contributed by atoms with van der Waals surface area (Å²) in [5.74, 6) is 1.80. The molecule has 2 rings (SSSR count). The number of halogens is 2. The van der Waals surface area contributed by atoms with Crippen molar-refractivity contribution in [2.24, 2.45) is 10.9 Å². The molecule has 0 aromatic carbocycles. The van der Waals surface area contributed by atoms with Crippen LogP contribution in [0.25, 0.3) is 0 Å². The summed E-state index contributed by atoms with van der Waals surface area (Å²) in [7, 11) is 0. The quantitative estimate of drug-likeness (QED) is 0.191. The highest BCUT2D eigenvalue weighted by molar-refractivity contribution is 14.0. The van der Waals surface area contributed by atoms with Gasteiger partial charge in [-0.25, -0.2) is 4.98 Å². The van der Waals surface area contributed by atoms with Crippen molar-refractivity contribution in [3.8, 4) is 0 Å². The van der Waals surface area contributed by atoms with Gasteiger partial charge in [0.2, 0.25) is 0 Å². The van der Waals surface area contributed by atoms with Crippen molar-refractivity contribution in [3.63, 3.8) is 0 Å². The Kier molecular flexibility index (Phi) is 12.2. The number of rotatable bonds is 8. The third-order valence-electron chi connectivity index (χ3n) is 4.62. The van der Waals surface area contributed by atoms with Crippen LogP contribution in [-0.4, -0.2) is 55.1 Å². The minimum absolute atomic E-state index is 0. The lowest BCUT2D eigenvalue weighted by Crippen LogP contribution is -2.38. The summed E-state index contributed by atoms with van der Waals surface area (Å²) in [4.78, 5) is 11.4. The minimum atomic E-state index is 0. The van der Waals surface area contributed by atoms with E-state index in [1.54, 1.807) is 0 Å². The number of nitrogens with zero attached hydrogens (tertiary/aromatic N) is 3. The summed E-state index contributed by atoms with van der Waals surface area (Å²) >= 11 is 5.81. The summed E-state index contributed by atoms with van der Waals surface area (Å²) in [6, 6.07) is 3.85.